The van der Waals surface area contributed by atoms with E-state index in [2.05, 4.69) is 20.2 Å². The zero-order chi connectivity index (χ0) is 21.0. The molecule has 0 aliphatic carbocycles. The molecule has 1 aromatic heterocycles. The van der Waals surface area contributed by atoms with E-state index in [4.69, 9.17) is 0 Å². The molecule has 1 aliphatic heterocycles. The van der Waals surface area contributed by atoms with Gasteiger partial charge in [0, 0.05) is 5.69 Å². The second-order valence-electron chi connectivity index (χ2n) is 7.37. The second kappa shape index (κ2) is 6.31. The summed E-state index contributed by atoms with van der Waals surface area (Å²) in [4.78, 5) is 24.0. The van der Waals surface area contributed by atoms with Gasteiger partial charge in [0.1, 0.15) is 6.33 Å². The molecule has 0 spiro atoms. The van der Waals surface area contributed by atoms with E-state index in [-0.39, 0.29) is 10.8 Å². The second-order valence-corrected chi connectivity index (χ2v) is 9.06. The minimum absolute atomic E-state index is 0.0473. The van der Waals surface area contributed by atoms with Crippen molar-refractivity contribution in [3.05, 3.63) is 64.3 Å². The van der Waals surface area contributed by atoms with Gasteiger partial charge in [-0.15, -0.1) is 0 Å². The van der Waals surface area contributed by atoms with E-state index in [0.29, 0.717) is 28.2 Å². The van der Waals surface area contributed by atoms with Crippen molar-refractivity contribution in [3.8, 4) is 5.69 Å². The van der Waals surface area contributed by atoms with E-state index >= 15 is 0 Å². The van der Waals surface area contributed by atoms with Crippen LogP contribution in [-0.4, -0.2) is 29.1 Å². The molecule has 4 rings (SSSR count). The summed E-state index contributed by atoms with van der Waals surface area (Å²) in [5.41, 5.74) is 1.40. The number of hydrogen-bond donors (Lipinski definition) is 3. The average molecular weight is 413 g/mol. The molecule has 150 valence electrons. The maximum absolute atomic E-state index is 13.0. The van der Waals surface area contributed by atoms with Gasteiger partial charge >= 0.3 is 5.69 Å². The molecule has 0 bridgehead atoms. The highest BCUT2D eigenvalue weighted by atomic mass is 32.2. The lowest BCUT2D eigenvalue weighted by Gasteiger charge is -2.17. The molecular weight excluding hydrogens is 394 g/mol. The van der Waals surface area contributed by atoms with E-state index < -0.39 is 21.1 Å². The lowest BCUT2D eigenvalue weighted by Crippen LogP contribution is -2.27. The molecule has 0 saturated heterocycles. The third-order valence-corrected chi connectivity index (χ3v) is 6.51. The number of hydrogen-bond acceptors (Lipinski definition) is 5. The smallest absolute Gasteiger partial charge is 0.325 e. The van der Waals surface area contributed by atoms with Gasteiger partial charge in [-0.2, -0.15) is 5.10 Å². The first-order valence-electron chi connectivity index (χ1n) is 8.82. The Labute approximate surface area is 166 Å². The van der Waals surface area contributed by atoms with Gasteiger partial charge in [-0.05, 0) is 62.2 Å². The normalized spacial score (nSPS) is 15.1. The number of nitrogens with one attached hydrogen (secondary N) is 3. The third kappa shape index (κ3) is 3.01. The largest absolute Gasteiger partial charge is 0.347 e. The summed E-state index contributed by atoms with van der Waals surface area (Å²) in [6.45, 7) is 5.20. The number of H-pyrrole nitrogens is 1. The number of sulfonamides is 1. The first kappa shape index (κ1) is 18.9. The molecule has 10 heteroatoms. The lowest BCUT2D eigenvalue weighted by molar-refractivity contribution is -0.119. The average Bonchev–Trinajstić information content (AvgIpc) is 3.17. The first-order valence-corrected chi connectivity index (χ1v) is 10.3. The van der Waals surface area contributed by atoms with E-state index in [1.54, 1.807) is 45.0 Å². The number of rotatable bonds is 4. The molecule has 0 fully saturated rings. The summed E-state index contributed by atoms with van der Waals surface area (Å²) in [5, 5.41) is 8.76. The van der Waals surface area contributed by atoms with Crippen molar-refractivity contribution in [3.63, 3.8) is 0 Å². The Hall–Kier alpha value is -3.40. The molecule has 0 saturated carbocycles. The van der Waals surface area contributed by atoms with Gasteiger partial charge in [0.2, 0.25) is 5.91 Å². The predicted octanol–water partition coefficient (Wildman–Crippen LogP) is 1.90. The number of nitrogens with zero attached hydrogens (tertiary/aromatic N) is 2. The van der Waals surface area contributed by atoms with E-state index in [0.717, 1.165) is 0 Å². The molecule has 3 N–H and O–H groups in total. The molecule has 0 radical (unpaired) electrons. The summed E-state index contributed by atoms with van der Waals surface area (Å²) in [6.07, 6.45) is 1.33. The van der Waals surface area contributed by atoms with Crippen LogP contribution in [0.5, 0.6) is 0 Å². The fraction of sp³-hybridized carbons (Fsp3) is 0.211. The molecular formula is C19H19N5O4S. The van der Waals surface area contributed by atoms with Crippen LogP contribution in [0.2, 0.25) is 0 Å². The Balaban J connectivity index is 1.73. The van der Waals surface area contributed by atoms with Crippen molar-refractivity contribution in [2.24, 2.45) is 0 Å². The lowest BCUT2D eigenvalue weighted by atomic mass is 9.86. The number of carbonyl (C=O) groups is 1. The summed E-state index contributed by atoms with van der Waals surface area (Å²) in [7, 11) is -3.92. The summed E-state index contributed by atoms with van der Waals surface area (Å²) in [6, 6.07) is 9.50. The molecule has 1 aliphatic rings. The summed E-state index contributed by atoms with van der Waals surface area (Å²) in [5.74, 6) is -0.177. The fourth-order valence-electron chi connectivity index (χ4n) is 3.34. The molecule has 9 nitrogen and oxygen atoms in total. The number of aromatic nitrogens is 3. The van der Waals surface area contributed by atoms with Crippen LogP contribution in [-0.2, 0) is 20.2 Å². The fourth-order valence-corrected chi connectivity index (χ4v) is 4.48. The van der Waals surface area contributed by atoms with Crippen LogP contribution in [0.25, 0.3) is 5.69 Å². The third-order valence-electron chi connectivity index (χ3n) is 5.15. The molecule has 2 aromatic carbocycles. The molecule has 0 atom stereocenters. The zero-order valence-electron chi connectivity index (χ0n) is 16.0. The van der Waals surface area contributed by atoms with Crippen LogP contribution in [0.15, 0.2) is 52.4 Å². The minimum atomic E-state index is -3.92. The van der Waals surface area contributed by atoms with Gasteiger partial charge < -0.3 is 5.32 Å². The van der Waals surface area contributed by atoms with Crippen LogP contribution in [0.1, 0.15) is 25.0 Å². The first-order chi connectivity index (χ1) is 13.6. The van der Waals surface area contributed by atoms with Crippen LogP contribution < -0.4 is 15.7 Å². The Morgan fingerprint density at radius 1 is 1.14 bits per heavy atom. The van der Waals surface area contributed by atoms with Crippen molar-refractivity contribution in [2.75, 3.05) is 10.0 Å². The Bertz CT molecular complexity index is 1300. The molecule has 3 aromatic rings. The van der Waals surface area contributed by atoms with Crippen molar-refractivity contribution < 1.29 is 13.2 Å². The van der Waals surface area contributed by atoms with Crippen molar-refractivity contribution in [1.82, 2.24) is 14.8 Å². The van der Waals surface area contributed by atoms with E-state index in [1.807, 2.05) is 0 Å². The van der Waals surface area contributed by atoms with Gasteiger partial charge in [-0.3, -0.25) is 9.52 Å². The Morgan fingerprint density at radius 2 is 1.90 bits per heavy atom. The zero-order valence-corrected chi connectivity index (χ0v) is 16.8. The molecule has 1 amide bonds. The number of benzene rings is 2. The van der Waals surface area contributed by atoms with Gasteiger partial charge in [-0.1, -0.05) is 6.07 Å². The van der Waals surface area contributed by atoms with E-state index in [9.17, 15) is 18.0 Å². The predicted molar refractivity (Wildman–Crippen MR) is 108 cm³/mol. The Morgan fingerprint density at radius 3 is 2.59 bits per heavy atom. The molecule has 0 unspecified atom stereocenters. The van der Waals surface area contributed by atoms with Gasteiger partial charge in [0.05, 0.1) is 21.7 Å². The van der Waals surface area contributed by atoms with Crippen LogP contribution in [0.3, 0.4) is 0 Å². The van der Waals surface area contributed by atoms with Gasteiger partial charge in [0.15, 0.2) is 0 Å². The highest BCUT2D eigenvalue weighted by Crippen LogP contribution is 2.38. The number of aromatic amines is 1. The van der Waals surface area contributed by atoms with Crippen LogP contribution >= 0.6 is 0 Å². The molecule has 29 heavy (non-hydrogen) atoms. The van der Waals surface area contributed by atoms with Crippen molar-refractivity contribution >= 4 is 27.3 Å². The quantitative estimate of drug-likeness (QED) is 0.602. The monoisotopic (exact) mass is 413 g/mol. The maximum Gasteiger partial charge on any atom is 0.347 e. The van der Waals surface area contributed by atoms with Gasteiger partial charge in [0.25, 0.3) is 10.0 Å². The molecule has 2 heterocycles. The minimum Gasteiger partial charge on any atom is -0.325 e. The van der Waals surface area contributed by atoms with Crippen LogP contribution in [0, 0.1) is 6.92 Å². The number of fused-ring (bicyclic) bond motifs is 1. The van der Waals surface area contributed by atoms with Crippen molar-refractivity contribution in [1.29, 1.82) is 0 Å². The summed E-state index contributed by atoms with van der Waals surface area (Å²) >= 11 is 0. The van der Waals surface area contributed by atoms with E-state index in [1.165, 1.54) is 23.0 Å². The summed E-state index contributed by atoms with van der Waals surface area (Å²) < 4.78 is 29.9. The number of carbonyl (C=O) groups excluding carboxylic acids is 1. The number of amides is 1. The van der Waals surface area contributed by atoms with Gasteiger partial charge in [-0.25, -0.2) is 22.9 Å². The maximum atomic E-state index is 13.0. The topological polar surface area (TPSA) is 126 Å². The highest BCUT2D eigenvalue weighted by Gasteiger charge is 2.39. The van der Waals surface area contributed by atoms with Crippen molar-refractivity contribution in [2.45, 2.75) is 31.1 Å². The highest BCUT2D eigenvalue weighted by molar-refractivity contribution is 7.92. The van der Waals surface area contributed by atoms with Crippen LogP contribution in [0.4, 0.5) is 11.4 Å². The standard InChI is InChI=1S/C19H19N5O4S/c1-11-14(5-4-6-16(11)24-10-20-22-18(24)26)23-29(27,28)12-7-8-15-13(9-12)19(2,3)17(25)21-15/h4-10,23H,1-3H3,(H,21,25)(H,22,26). The number of anilines is 2. The Kier molecular flexibility index (Phi) is 4.12. The SMILES string of the molecule is Cc1c(NS(=O)(=O)c2ccc3c(c2)C(C)(C)C(=O)N3)cccc1-n1cn[nH]c1=O.